The summed E-state index contributed by atoms with van der Waals surface area (Å²) in [6, 6.07) is 3.11. The van der Waals surface area contributed by atoms with Crippen molar-refractivity contribution >= 4 is 23.2 Å². The Morgan fingerprint density at radius 3 is 2.59 bits per heavy atom. The Bertz CT molecular complexity index is 827. The molecule has 0 unspecified atom stereocenters. The molecule has 32 heavy (non-hydrogen) atoms. The summed E-state index contributed by atoms with van der Waals surface area (Å²) in [7, 11) is 0. The van der Waals surface area contributed by atoms with Gasteiger partial charge in [0.1, 0.15) is 12.6 Å². The van der Waals surface area contributed by atoms with Crippen molar-refractivity contribution in [2.45, 2.75) is 51.4 Å². The van der Waals surface area contributed by atoms with Gasteiger partial charge in [0, 0.05) is 31.4 Å². The first-order chi connectivity index (χ1) is 15.1. The number of carbonyl (C=O) groups is 2. The van der Waals surface area contributed by atoms with E-state index in [1.165, 1.54) is 12.1 Å². The summed E-state index contributed by atoms with van der Waals surface area (Å²) in [5, 5.41) is 2.61. The lowest BCUT2D eigenvalue weighted by molar-refractivity contribution is -0.137. The van der Waals surface area contributed by atoms with Crippen molar-refractivity contribution in [3.63, 3.8) is 0 Å². The van der Waals surface area contributed by atoms with Crippen LogP contribution in [0.5, 0.6) is 0 Å². The Balaban J connectivity index is 1.83. The molecular weight excluding hydrogens is 425 g/mol. The van der Waals surface area contributed by atoms with Gasteiger partial charge >= 0.3 is 6.18 Å². The van der Waals surface area contributed by atoms with Gasteiger partial charge in [-0.05, 0) is 37.0 Å². The molecule has 2 amide bonds. The Morgan fingerprint density at radius 1 is 1.34 bits per heavy atom. The maximum Gasteiger partial charge on any atom is 0.418 e. The molecule has 1 saturated carbocycles. The van der Waals surface area contributed by atoms with Crippen LogP contribution in [-0.2, 0) is 20.5 Å². The van der Waals surface area contributed by atoms with E-state index >= 15 is 0 Å². The molecule has 178 valence electrons. The Morgan fingerprint density at radius 2 is 2.06 bits per heavy atom. The highest BCUT2D eigenvalue weighted by Crippen LogP contribution is 2.39. The minimum absolute atomic E-state index is 0.0170. The van der Waals surface area contributed by atoms with Crippen LogP contribution in [0.15, 0.2) is 18.2 Å². The quantitative estimate of drug-likeness (QED) is 0.628. The summed E-state index contributed by atoms with van der Waals surface area (Å²) in [6.45, 7) is 4.80. The van der Waals surface area contributed by atoms with Gasteiger partial charge in [-0.15, -0.1) is 0 Å². The third-order valence-corrected chi connectivity index (χ3v) is 5.89. The molecule has 7 nitrogen and oxygen atoms in total. The molecule has 2 aliphatic rings. The molecule has 1 aromatic carbocycles. The first-order valence-corrected chi connectivity index (χ1v) is 11.0. The van der Waals surface area contributed by atoms with Crippen molar-refractivity contribution in [3.8, 4) is 0 Å². The SMILES string of the molecule is CC(C)CN(C1CCC1)[C@@H](CN)C(=O)Nc1ccc(N2CCOCC2=O)c(C(F)(F)F)c1. The molecule has 0 spiro atoms. The van der Waals surface area contributed by atoms with Crippen LogP contribution < -0.4 is 16.0 Å². The van der Waals surface area contributed by atoms with E-state index in [-0.39, 0.29) is 43.7 Å². The third-order valence-electron chi connectivity index (χ3n) is 5.89. The molecule has 10 heteroatoms. The van der Waals surface area contributed by atoms with E-state index in [0.717, 1.165) is 30.2 Å². The second-order valence-electron chi connectivity index (χ2n) is 8.74. The fourth-order valence-corrected chi connectivity index (χ4v) is 4.14. The molecule has 0 aromatic heterocycles. The highest BCUT2D eigenvalue weighted by atomic mass is 19.4. The standard InChI is InChI=1S/C22H31F3N4O3/c1-14(2)12-29(16-4-3-5-16)19(11-26)21(31)27-15-6-7-18(17(10-15)22(23,24)25)28-8-9-32-13-20(28)30/h6-7,10,14,16,19H,3-5,8-9,11-13,26H2,1-2H3,(H,27,31)/t19-/m0/s1. The summed E-state index contributed by atoms with van der Waals surface area (Å²) in [5.41, 5.74) is 4.72. The number of alkyl halides is 3. The van der Waals surface area contributed by atoms with Crippen molar-refractivity contribution in [1.29, 1.82) is 0 Å². The van der Waals surface area contributed by atoms with Gasteiger partial charge in [0.15, 0.2) is 0 Å². The van der Waals surface area contributed by atoms with Crippen LogP contribution in [-0.4, -0.2) is 61.6 Å². The zero-order valence-electron chi connectivity index (χ0n) is 18.5. The predicted molar refractivity (Wildman–Crippen MR) is 115 cm³/mol. The van der Waals surface area contributed by atoms with Gasteiger partial charge in [-0.3, -0.25) is 14.5 Å². The average Bonchev–Trinajstić information content (AvgIpc) is 2.66. The van der Waals surface area contributed by atoms with Crippen LogP contribution in [0, 0.1) is 5.92 Å². The number of carbonyl (C=O) groups excluding carboxylic acids is 2. The number of rotatable bonds is 8. The predicted octanol–water partition coefficient (Wildman–Crippen LogP) is 2.84. The highest BCUT2D eigenvalue weighted by Gasteiger charge is 2.38. The number of anilines is 2. The van der Waals surface area contributed by atoms with Crippen LogP contribution >= 0.6 is 0 Å². The largest absolute Gasteiger partial charge is 0.418 e. The molecule has 1 aliphatic carbocycles. The first kappa shape index (κ1) is 24.5. The van der Waals surface area contributed by atoms with E-state index in [2.05, 4.69) is 24.1 Å². The zero-order valence-corrected chi connectivity index (χ0v) is 18.5. The second-order valence-corrected chi connectivity index (χ2v) is 8.74. The number of morpholine rings is 1. The second kappa shape index (κ2) is 10.2. The van der Waals surface area contributed by atoms with E-state index in [1.54, 1.807) is 0 Å². The molecule has 3 N–H and O–H groups in total. The minimum atomic E-state index is -4.70. The van der Waals surface area contributed by atoms with Crippen LogP contribution in [0.1, 0.15) is 38.7 Å². The van der Waals surface area contributed by atoms with E-state index < -0.39 is 29.6 Å². The van der Waals surface area contributed by atoms with Gasteiger partial charge in [-0.2, -0.15) is 13.2 Å². The number of ether oxygens (including phenoxy) is 1. The number of nitrogens with one attached hydrogen (secondary N) is 1. The van der Waals surface area contributed by atoms with Crippen molar-refractivity contribution in [2.75, 3.05) is 43.1 Å². The average molecular weight is 457 g/mol. The first-order valence-electron chi connectivity index (χ1n) is 11.0. The van der Waals surface area contributed by atoms with Gasteiger partial charge in [0.25, 0.3) is 5.91 Å². The smallest absolute Gasteiger partial charge is 0.370 e. The molecule has 0 radical (unpaired) electrons. The Hall–Kier alpha value is -2.17. The molecular formula is C22H31F3N4O3. The maximum absolute atomic E-state index is 13.8. The number of halogens is 3. The molecule has 2 fully saturated rings. The lowest BCUT2D eigenvalue weighted by Crippen LogP contribution is -2.55. The van der Waals surface area contributed by atoms with Crippen molar-refractivity contribution in [3.05, 3.63) is 23.8 Å². The van der Waals surface area contributed by atoms with Crippen LogP contribution in [0.3, 0.4) is 0 Å². The minimum Gasteiger partial charge on any atom is -0.370 e. The van der Waals surface area contributed by atoms with E-state index in [1.807, 2.05) is 0 Å². The molecule has 1 aromatic rings. The molecule has 3 rings (SSSR count). The van der Waals surface area contributed by atoms with Gasteiger partial charge in [0.2, 0.25) is 5.91 Å². The summed E-state index contributed by atoms with van der Waals surface area (Å²) < 4.78 is 46.4. The molecule has 1 heterocycles. The summed E-state index contributed by atoms with van der Waals surface area (Å²) in [5.74, 6) is -0.644. The lowest BCUT2D eigenvalue weighted by atomic mass is 9.89. The van der Waals surface area contributed by atoms with Crippen LogP contribution in [0.25, 0.3) is 0 Å². The highest BCUT2D eigenvalue weighted by molar-refractivity contribution is 5.98. The number of amides is 2. The normalized spacial score (nSPS) is 18.8. The van der Waals surface area contributed by atoms with Gasteiger partial charge < -0.3 is 20.7 Å². The Labute approximate surface area is 186 Å². The zero-order chi connectivity index (χ0) is 23.5. The molecule has 1 saturated heterocycles. The fourth-order valence-electron chi connectivity index (χ4n) is 4.14. The third kappa shape index (κ3) is 5.60. The van der Waals surface area contributed by atoms with E-state index in [9.17, 15) is 22.8 Å². The molecule has 1 aliphatic heterocycles. The van der Waals surface area contributed by atoms with Crippen molar-refractivity contribution in [1.82, 2.24) is 4.90 Å². The maximum atomic E-state index is 13.8. The molecule has 0 bridgehead atoms. The van der Waals surface area contributed by atoms with Gasteiger partial charge in [-0.1, -0.05) is 20.3 Å². The van der Waals surface area contributed by atoms with Gasteiger partial charge in [-0.25, -0.2) is 0 Å². The number of nitrogens with two attached hydrogens (primary N) is 1. The van der Waals surface area contributed by atoms with Crippen LogP contribution in [0.4, 0.5) is 24.5 Å². The number of nitrogens with zero attached hydrogens (tertiary/aromatic N) is 2. The van der Waals surface area contributed by atoms with Crippen molar-refractivity contribution < 1.29 is 27.5 Å². The summed E-state index contributed by atoms with van der Waals surface area (Å²) in [6.07, 6.45) is -1.64. The van der Waals surface area contributed by atoms with E-state index in [0.29, 0.717) is 12.5 Å². The van der Waals surface area contributed by atoms with Gasteiger partial charge in [0.05, 0.1) is 17.9 Å². The Kier molecular flexibility index (Phi) is 7.79. The summed E-state index contributed by atoms with van der Waals surface area (Å²) in [4.78, 5) is 28.2. The fraction of sp³-hybridized carbons (Fsp3) is 0.636. The lowest BCUT2D eigenvalue weighted by Gasteiger charge is -2.42. The topological polar surface area (TPSA) is 87.9 Å². The van der Waals surface area contributed by atoms with Crippen LogP contribution in [0.2, 0.25) is 0 Å². The number of benzene rings is 1. The van der Waals surface area contributed by atoms with E-state index in [4.69, 9.17) is 10.5 Å². The monoisotopic (exact) mass is 456 g/mol. The molecule has 1 atom stereocenters. The number of hydrogen-bond acceptors (Lipinski definition) is 5. The number of hydrogen-bond donors (Lipinski definition) is 2. The summed E-state index contributed by atoms with van der Waals surface area (Å²) >= 11 is 0. The van der Waals surface area contributed by atoms with Crippen molar-refractivity contribution in [2.24, 2.45) is 11.7 Å².